The zero-order chi connectivity index (χ0) is 26.1. The third-order valence-electron chi connectivity index (χ3n) is 5.11. The van der Waals surface area contributed by atoms with Crippen molar-refractivity contribution in [3.8, 4) is 0 Å². The maximum Gasteiger partial charge on any atom is 0.394 e. The molecule has 0 aliphatic heterocycles. The highest BCUT2D eigenvalue weighted by Gasteiger charge is 2.19. The van der Waals surface area contributed by atoms with Crippen LogP contribution in [0, 0.1) is 6.92 Å². The van der Waals surface area contributed by atoms with E-state index in [1.165, 1.54) is 18.2 Å². The number of aryl methyl sites for hydroxylation is 1. The first-order chi connectivity index (χ1) is 17.0. The van der Waals surface area contributed by atoms with Gasteiger partial charge in [0.1, 0.15) is 5.69 Å². The minimum Gasteiger partial charge on any atom is -0.478 e. The van der Waals surface area contributed by atoms with Gasteiger partial charge in [-0.3, -0.25) is 9.59 Å². The normalized spacial score (nSPS) is 11.6. The van der Waals surface area contributed by atoms with Crippen molar-refractivity contribution in [1.82, 2.24) is 9.55 Å². The molecule has 10 nitrogen and oxygen atoms in total. The van der Waals surface area contributed by atoms with E-state index in [0.29, 0.717) is 21.5 Å². The molecule has 4 rings (SSSR count). The van der Waals surface area contributed by atoms with Gasteiger partial charge in [-0.25, -0.2) is 9.59 Å². The summed E-state index contributed by atoms with van der Waals surface area (Å²) in [6, 6.07) is 11.0. The van der Waals surface area contributed by atoms with Crippen LogP contribution in [0.15, 0.2) is 47.5 Å². The molecular formula is C23H16Cl2N4O6S. The van der Waals surface area contributed by atoms with Crippen LogP contribution in [-0.2, 0) is 16.1 Å². The molecule has 0 fully saturated rings. The molecule has 0 atom stereocenters. The number of amides is 2. The number of nitrogens with one attached hydrogen (secondary N) is 2. The fraction of sp³-hybridized carbons (Fsp3) is 0.0870. The Morgan fingerprint density at radius 2 is 1.83 bits per heavy atom. The van der Waals surface area contributed by atoms with Gasteiger partial charge >= 0.3 is 17.8 Å². The van der Waals surface area contributed by atoms with Crippen molar-refractivity contribution < 1.29 is 29.4 Å². The molecule has 2 aromatic heterocycles. The van der Waals surface area contributed by atoms with Gasteiger partial charge in [0.15, 0.2) is 4.80 Å². The molecule has 4 N–H and O–H groups in total. The van der Waals surface area contributed by atoms with E-state index in [-0.39, 0.29) is 38.3 Å². The highest BCUT2D eigenvalue weighted by Crippen LogP contribution is 2.29. The van der Waals surface area contributed by atoms with Crippen molar-refractivity contribution in [2.24, 2.45) is 4.99 Å². The molecule has 0 spiro atoms. The summed E-state index contributed by atoms with van der Waals surface area (Å²) >= 11 is 13.4. The van der Waals surface area contributed by atoms with Crippen LogP contribution in [0.4, 0.5) is 5.69 Å². The summed E-state index contributed by atoms with van der Waals surface area (Å²) in [5, 5.41) is 20.7. The van der Waals surface area contributed by atoms with E-state index in [1.807, 2.05) is 0 Å². The lowest BCUT2D eigenvalue weighted by atomic mass is 10.1. The molecule has 0 bridgehead atoms. The van der Waals surface area contributed by atoms with Gasteiger partial charge < -0.3 is 25.1 Å². The average Bonchev–Trinajstić information content (AvgIpc) is 3.29. The lowest BCUT2D eigenvalue weighted by Gasteiger charge is -2.08. The smallest absolute Gasteiger partial charge is 0.394 e. The topological polar surface area (TPSA) is 154 Å². The number of aromatic nitrogens is 2. The van der Waals surface area contributed by atoms with E-state index in [0.717, 1.165) is 11.3 Å². The number of nitrogens with zero attached hydrogens (tertiary/aromatic N) is 2. The average molecular weight is 547 g/mol. The maximum absolute atomic E-state index is 13.0. The second-order valence-electron chi connectivity index (χ2n) is 7.59. The number of thiazole rings is 1. The number of aliphatic carboxylic acids is 1. The first-order valence-corrected chi connectivity index (χ1v) is 11.7. The van der Waals surface area contributed by atoms with E-state index >= 15 is 0 Å². The van der Waals surface area contributed by atoms with Crippen LogP contribution in [0.3, 0.4) is 0 Å². The molecule has 0 saturated heterocycles. The van der Waals surface area contributed by atoms with Crippen LogP contribution in [-0.4, -0.2) is 43.5 Å². The molecule has 2 aromatic carbocycles. The summed E-state index contributed by atoms with van der Waals surface area (Å²) in [5.41, 5.74) is 2.13. The summed E-state index contributed by atoms with van der Waals surface area (Å²) in [4.78, 5) is 54.1. The molecule has 0 radical (unpaired) electrons. The highest BCUT2D eigenvalue weighted by atomic mass is 35.5. The number of H-pyrrole nitrogens is 1. The molecule has 36 heavy (non-hydrogen) atoms. The number of carboxylic acids is 2. The Bertz CT molecular complexity index is 1640. The zero-order valence-corrected chi connectivity index (χ0v) is 20.7. The van der Waals surface area contributed by atoms with Gasteiger partial charge in [0, 0.05) is 11.4 Å². The van der Waals surface area contributed by atoms with E-state index in [4.69, 9.17) is 28.3 Å². The number of hydrogen-bond donors (Lipinski definition) is 4. The first-order valence-electron chi connectivity index (χ1n) is 10.2. The van der Waals surface area contributed by atoms with Crippen LogP contribution in [0.2, 0.25) is 10.0 Å². The third-order valence-corrected chi connectivity index (χ3v) is 7.10. The quantitative estimate of drug-likeness (QED) is 0.275. The van der Waals surface area contributed by atoms with E-state index in [9.17, 15) is 24.3 Å². The van der Waals surface area contributed by atoms with Gasteiger partial charge in [0.25, 0.3) is 5.91 Å². The van der Waals surface area contributed by atoms with Crippen LogP contribution in [0.5, 0.6) is 0 Å². The Hall–Kier alpha value is -3.93. The van der Waals surface area contributed by atoms with Crippen molar-refractivity contribution in [3.63, 3.8) is 0 Å². The number of aromatic carboxylic acids is 1. The Kier molecular flexibility index (Phi) is 6.97. The summed E-state index contributed by atoms with van der Waals surface area (Å²) < 4.78 is 2.29. The SMILES string of the molecule is Cc1[nH]c(C(=O)N=c2sc3cc(NC(=O)C(=O)O)ccc3n2Cc2cccc(C(=O)O)c2)c(Cl)c1Cl. The molecule has 0 unspecified atom stereocenters. The molecular weight excluding hydrogens is 531 g/mol. The monoisotopic (exact) mass is 546 g/mol. The van der Waals surface area contributed by atoms with Gasteiger partial charge in [0.2, 0.25) is 0 Å². The second kappa shape index (κ2) is 9.97. The fourth-order valence-corrected chi connectivity index (χ4v) is 4.90. The highest BCUT2D eigenvalue weighted by molar-refractivity contribution is 7.16. The standard InChI is InChI=1S/C23H16Cl2N4O6S/c1-10-16(24)17(25)18(26-10)19(30)28-23-29(9-11-3-2-4-12(7-11)21(32)33)14-6-5-13(8-15(14)36-23)27-20(31)22(34)35/h2-8,26H,9H2,1H3,(H,27,31)(H,32,33)(H,34,35). The minimum atomic E-state index is -1.63. The number of carbonyl (C=O) groups is 4. The number of fused-ring (bicyclic) bond motifs is 1. The van der Waals surface area contributed by atoms with Gasteiger partial charge in [-0.05, 0) is 42.8 Å². The molecule has 0 aliphatic carbocycles. The van der Waals surface area contributed by atoms with Crippen molar-refractivity contribution in [2.45, 2.75) is 13.5 Å². The largest absolute Gasteiger partial charge is 0.478 e. The Morgan fingerprint density at radius 3 is 2.47 bits per heavy atom. The molecule has 2 heterocycles. The van der Waals surface area contributed by atoms with Crippen molar-refractivity contribution in [1.29, 1.82) is 0 Å². The number of anilines is 1. The number of benzene rings is 2. The predicted octanol–water partition coefficient (Wildman–Crippen LogP) is 4.16. The van der Waals surface area contributed by atoms with E-state index in [2.05, 4.69) is 15.3 Å². The Morgan fingerprint density at radius 1 is 1.08 bits per heavy atom. The van der Waals surface area contributed by atoms with E-state index < -0.39 is 23.8 Å². The fourth-order valence-electron chi connectivity index (χ4n) is 3.42. The summed E-state index contributed by atoms with van der Waals surface area (Å²) in [5.74, 6) is -4.58. The lowest BCUT2D eigenvalue weighted by Crippen LogP contribution is -2.21. The molecule has 2 amide bonds. The number of rotatable bonds is 5. The van der Waals surface area contributed by atoms with Gasteiger partial charge in [-0.2, -0.15) is 4.99 Å². The van der Waals surface area contributed by atoms with Crippen LogP contribution in [0.25, 0.3) is 10.2 Å². The number of carboxylic acid groups (broad SMARTS) is 2. The molecule has 4 aromatic rings. The molecule has 13 heteroatoms. The molecule has 0 saturated carbocycles. The number of aromatic amines is 1. The van der Waals surface area contributed by atoms with Crippen LogP contribution in [0.1, 0.15) is 32.1 Å². The van der Waals surface area contributed by atoms with Gasteiger partial charge in [0.05, 0.1) is 32.4 Å². The maximum atomic E-state index is 13.0. The first kappa shape index (κ1) is 25.2. The summed E-state index contributed by atoms with van der Waals surface area (Å²) in [6.45, 7) is 1.83. The molecule has 184 valence electrons. The number of carbonyl (C=O) groups excluding carboxylic acids is 2. The van der Waals surface area contributed by atoms with Gasteiger partial charge in [-0.1, -0.05) is 46.7 Å². The molecule has 0 aliphatic rings. The van der Waals surface area contributed by atoms with Crippen LogP contribution >= 0.6 is 34.5 Å². The minimum absolute atomic E-state index is 0.0189. The van der Waals surface area contributed by atoms with Crippen LogP contribution < -0.4 is 10.1 Å². The third kappa shape index (κ3) is 5.03. The van der Waals surface area contributed by atoms with Crippen molar-refractivity contribution >= 4 is 74.2 Å². The number of halogens is 2. The summed E-state index contributed by atoms with van der Waals surface area (Å²) in [7, 11) is 0. The van der Waals surface area contributed by atoms with Crippen molar-refractivity contribution in [3.05, 3.63) is 79.8 Å². The predicted molar refractivity (Wildman–Crippen MR) is 134 cm³/mol. The second-order valence-corrected chi connectivity index (χ2v) is 9.35. The van der Waals surface area contributed by atoms with Gasteiger partial charge in [-0.15, -0.1) is 0 Å². The number of hydrogen-bond acceptors (Lipinski definition) is 5. The van der Waals surface area contributed by atoms with E-state index in [1.54, 1.807) is 35.8 Å². The zero-order valence-electron chi connectivity index (χ0n) is 18.3. The Labute approximate surface area is 216 Å². The van der Waals surface area contributed by atoms with Crippen molar-refractivity contribution in [2.75, 3.05) is 5.32 Å². The Balaban J connectivity index is 1.85. The lowest BCUT2D eigenvalue weighted by molar-refractivity contribution is -0.147. The summed E-state index contributed by atoms with van der Waals surface area (Å²) in [6.07, 6.45) is 0.